The monoisotopic (exact) mass is 352 g/mol. The minimum atomic E-state index is -0.167. The van der Waals surface area contributed by atoms with E-state index in [2.05, 4.69) is 26.4 Å². The lowest BCUT2D eigenvalue weighted by Gasteiger charge is -2.04. The number of para-hydroxylation sites is 1. The Morgan fingerprint density at radius 2 is 2.00 bits per heavy atom. The van der Waals surface area contributed by atoms with E-state index < -0.39 is 0 Å². The highest BCUT2D eigenvalue weighted by molar-refractivity contribution is 9.11. The zero-order valence-corrected chi connectivity index (χ0v) is 13.0. The van der Waals surface area contributed by atoms with E-state index in [9.17, 15) is 0 Å². The van der Waals surface area contributed by atoms with Gasteiger partial charge < -0.3 is 0 Å². The molecule has 3 aromatic rings. The quantitative estimate of drug-likeness (QED) is 0.604. The first-order valence-corrected chi connectivity index (χ1v) is 7.83. The van der Waals surface area contributed by atoms with Gasteiger partial charge in [0.15, 0.2) is 0 Å². The molecule has 0 aliphatic carbocycles. The average molecular weight is 354 g/mol. The molecular formula is C14H10BrClN2S. The van der Waals surface area contributed by atoms with Crippen LogP contribution < -0.4 is 0 Å². The molecule has 0 N–H and O–H groups in total. The largest absolute Gasteiger partial charge is 0.241 e. The lowest BCUT2D eigenvalue weighted by molar-refractivity contribution is 0.880. The molecule has 0 spiro atoms. The molecule has 19 heavy (non-hydrogen) atoms. The van der Waals surface area contributed by atoms with Gasteiger partial charge in [-0.15, -0.1) is 22.9 Å². The van der Waals surface area contributed by atoms with Crippen LogP contribution >= 0.6 is 38.9 Å². The van der Waals surface area contributed by atoms with Gasteiger partial charge in [-0.25, -0.2) is 4.68 Å². The molecule has 0 fully saturated rings. The standard InChI is InChI=1S/C14H10BrClN2S/c15-13-6-10(9-19-13)14(16)11-7-17-18(8-11)12-4-2-1-3-5-12/h1-9,14H. The second kappa shape index (κ2) is 5.49. The second-order valence-corrected chi connectivity index (χ2v) is 6.83. The number of rotatable bonds is 3. The minimum absolute atomic E-state index is 0.167. The second-order valence-electron chi connectivity index (χ2n) is 4.10. The molecule has 0 amide bonds. The van der Waals surface area contributed by atoms with E-state index in [0.717, 1.165) is 20.6 Å². The van der Waals surface area contributed by atoms with Gasteiger partial charge in [0.25, 0.3) is 0 Å². The molecule has 96 valence electrons. The van der Waals surface area contributed by atoms with Crippen LogP contribution in [0.1, 0.15) is 16.5 Å². The molecule has 0 aliphatic rings. The summed E-state index contributed by atoms with van der Waals surface area (Å²) in [6, 6.07) is 12.0. The Hall–Kier alpha value is -1.10. The van der Waals surface area contributed by atoms with Crippen molar-refractivity contribution in [1.29, 1.82) is 0 Å². The van der Waals surface area contributed by atoms with Crippen LogP contribution in [0.3, 0.4) is 0 Å². The SMILES string of the molecule is ClC(c1csc(Br)c1)c1cnn(-c2ccccc2)c1. The molecular weight excluding hydrogens is 344 g/mol. The van der Waals surface area contributed by atoms with Crippen LogP contribution in [0.4, 0.5) is 0 Å². The minimum Gasteiger partial charge on any atom is -0.241 e. The topological polar surface area (TPSA) is 17.8 Å². The first-order valence-electron chi connectivity index (χ1n) is 5.72. The lowest BCUT2D eigenvalue weighted by atomic mass is 10.1. The van der Waals surface area contributed by atoms with E-state index in [1.165, 1.54) is 0 Å². The van der Waals surface area contributed by atoms with Crippen LogP contribution in [-0.2, 0) is 0 Å². The number of benzene rings is 1. The summed E-state index contributed by atoms with van der Waals surface area (Å²) in [6.07, 6.45) is 3.79. The van der Waals surface area contributed by atoms with Crippen molar-refractivity contribution in [1.82, 2.24) is 9.78 Å². The van der Waals surface area contributed by atoms with Gasteiger partial charge in [0, 0.05) is 11.8 Å². The van der Waals surface area contributed by atoms with Gasteiger partial charge in [0.2, 0.25) is 0 Å². The van der Waals surface area contributed by atoms with Crippen molar-refractivity contribution in [3.05, 3.63) is 69.1 Å². The number of halogens is 2. The molecule has 0 saturated carbocycles. The Morgan fingerprint density at radius 1 is 1.21 bits per heavy atom. The molecule has 1 atom stereocenters. The molecule has 0 saturated heterocycles. The highest BCUT2D eigenvalue weighted by Crippen LogP contribution is 2.33. The van der Waals surface area contributed by atoms with Crippen molar-refractivity contribution < 1.29 is 0 Å². The number of hydrogen-bond donors (Lipinski definition) is 0. The van der Waals surface area contributed by atoms with E-state index in [4.69, 9.17) is 11.6 Å². The third-order valence-corrected chi connectivity index (χ3v) is 4.82. The van der Waals surface area contributed by atoms with Gasteiger partial charge >= 0.3 is 0 Å². The summed E-state index contributed by atoms with van der Waals surface area (Å²) < 4.78 is 2.93. The molecule has 2 heterocycles. The molecule has 1 aromatic carbocycles. The predicted octanol–water partition coefficient (Wildman–Crippen LogP) is 5.02. The third kappa shape index (κ3) is 2.76. The number of aromatic nitrogens is 2. The van der Waals surface area contributed by atoms with Crippen molar-refractivity contribution in [3.63, 3.8) is 0 Å². The van der Waals surface area contributed by atoms with E-state index in [1.54, 1.807) is 11.3 Å². The van der Waals surface area contributed by atoms with Crippen molar-refractivity contribution in [2.45, 2.75) is 5.38 Å². The van der Waals surface area contributed by atoms with Gasteiger partial charge in [0.05, 0.1) is 21.0 Å². The van der Waals surface area contributed by atoms with Crippen LogP contribution in [0, 0.1) is 0 Å². The Bertz CT molecular complexity index is 678. The van der Waals surface area contributed by atoms with Gasteiger partial charge in [-0.2, -0.15) is 5.10 Å². The molecule has 0 radical (unpaired) electrons. The van der Waals surface area contributed by atoms with Crippen molar-refractivity contribution >= 4 is 38.9 Å². The maximum atomic E-state index is 6.48. The van der Waals surface area contributed by atoms with Gasteiger partial charge in [-0.05, 0) is 45.1 Å². The Balaban J connectivity index is 1.89. The van der Waals surface area contributed by atoms with Crippen LogP contribution in [-0.4, -0.2) is 9.78 Å². The van der Waals surface area contributed by atoms with E-state index in [1.807, 2.05) is 53.5 Å². The summed E-state index contributed by atoms with van der Waals surface area (Å²) in [5.74, 6) is 0. The average Bonchev–Trinajstić information content (AvgIpc) is 3.08. The molecule has 0 bridgehead atoms. The fraction of sp³-hybridized carbons (Fsp3) is 0.0714. The number of nitrogens with zero attached hydrogens (tertiary/aromatic N) is 2. The zero-order chi connectivity index (χ0) is 13.2. The third-order valence-electron chi connectivity index (χ3n) is 2.80. The smallest absolute Gasteiger partial charge is 0.0874 e. The maximum Gasteiger partial charge on any atom is 0.0874 e. The molecule has 2 aromatic heterocycles. The first kappa shape index (κ1) is 12.9. The number of thiophene rings is 1. The Kier molecular flexibility index (Phi) is 3.73. The van der Waals surface area contributed by atoms with Crippen molar-refractivity contribution in [2.75, 3.05) is 0 Å². The van der Waals surface area contributed by atoms with Crippen molar-refractivity contribution in [3.8, 4) is 5.69 Å². The van der Waals surface area contributed by atoms with Crippen LogP contribution in [0.25, 0.3) is 5.69 Å². The number of alkyl halides is 1. The normalized spacial score (nSPS) is 12.5. The fourth-order valence-electron chi connectivity index (χ4n) is 1.84. The fourth-order valence-corrected chi connectivity index (χ4v) is 3.35. The summed E-state index contributed by atoms with van der Waals surface area (Å²) in [7, 11) is 0. The number of hydrogen-bond acceptors (Lipinski definition) is 2. The van der Waals surface area contributed by atoms with E-state index in [0.29, 0.717) is 0 Å². The van der Waals surface area contributed by atoms with Crippen molar-refractivity contribution in [2.24, 2.45) is 0 Å². The van der Waals surface area contributed by atoms with Gasteiger partial charge in [-0.3, -0.25) is 0 Å². The predicted molar refractivity (Wildman–Crippen MR) is 83.3 cm³/mol. The van der Waals surface area contributed by atoms with Crippen LogP contribution in [0.5, 0.6) is 0 Å². The van der Waals surface area contributed by atoms with Gasteiger partial charge in [0.1, 0.15) is 0 Å². The highest BCUT2D eigenvalue weighted by atomic mass is 79.9. The molecule has 0 aliphatic heterocycles. The lowest BCUT2D eigenvalue weighted by Crippen LogP contribution is -1.93. The summed E-state index contributed by atoms with van der Waals surface area (Å²) in [5.41, 5.74) is 3.12. The summed E-state index contributed by atoms with van der Waals surface area (Å²) in [4.78, 5) is 0. The maximum absolute atomic E-state index is 6.48. The summed E-state index contributed by atoms with van der Waals surface area (Å²) in [5, 5.41) is 6.25. The summed E-state index contributed by atoms with van der Waals surface area (Å²) >= 11 is 11.6. The Morgan fingerprint density at radius 3 is 2.68 bits per heavy atom. The van der Waals surface area contributed by atoms with Crippen LogP contribution in [0.2, 0.25) is 0 Å². The van der Waals surface area contributed by atoms with Crippen LogP contribution in [0.15, 0.2) is 58.0 Å². The molecule has 3 rings (SSSR count). The zero-order valence-electron chi connectivity index (χ0n) is 9.83. The molecule has 1 unspecified atom stereocenters. The molecule has 5 heteroatoms. The van der Waals surface area contributed by atoms with E-state index >= 15 is 0 Å². The first-order chi connectivity index (χ1) is 9.24. The summed E-state index contributed by atoms with van der Waals surface area (Å²) in [6.45, 7) is 0. The van der Waals surface area contributed by atoms with Gasteiger partial charge in [-0.1, -0.05) is 18.2 Å². The highest BCUT2D eigenvalue weighted by Gasteiger charge is 2.14. The molecule has 2 nitrogen and oxygen atoms in total. The Labute approximate surface area is 128 Å². The van der Waals surface area contributed by atoms with E-state index in [-0.39, 0.29) is 5.38 Å².